The first-order chi connectivity index (χ1) is 15.2. The molecule has 4 N–H and O–H groups in total. The molecule has 0 unspecified atom stereocenters. The number of benzene rings is 2. The Hall–Kier alpha value is -2.90. The molecule has 1 atom stereocenters. The summed E-state index contributed by atoms with van der Waals surface area (Å²) < 4.78 is 79.7. The van der Waals surface area contributed by atoms with E-state index in [1.807, 2.05) is 0 Å². The summed E-state index contributed by atoms with van der Waals surface area (Å²) in [7, 11) is -4.58. The lowest BCUT2D eigenvalue weighted by Gasteiger charge is -2.29. The molecule has 0 fully saturated rings. The molecule has 8 nitrogen and oxygen atoms in total. The standard InChI is InChI=1S/C19H19ClF4N4O4S/c20-28(30)17(25)12-6-7-13(15(21)10-12)11-27(16(18(26)29)8-9-19(22,23)24)33(31,32)14-4-2-1-3-5-14/h1-7,10,16H,8-9,11,25H2,(H2,26,29)/t16-/m1/s1. The molecule has 0 saturated carbocycles. The van der Waals surface area contributed by atoms with E-state index < -0.39 is 59.2 Å². The quantitative estimate of drug-likeness (QED) is 0.134. The van der Waals surface area contributed by atoms with Crippen LogP contribution in [-0.2, 0) is 21.4 Å². The second-order valence-electron chi connectivity index (χ2n) is 6.87. The molecule has 0 aliphatic heterocycles. The highest BCUT2D eigenvalue weighted by atomic mass is 35.5. The average molecular weight is 511 g/mol. The fourth-order valence-corrected chi connectivity index (χ4v) is 4.65. The van der Waals surface area contributed by atoms with Crippen LogP contribution in [0, 0.1) is 11.0 Å². The molecule has 0 radical (unpaired) electrons. The van der Waals surface area contributed by atoms with Gasteiger partial charge in [0, 0.05) is 18.5 Å². The largest absolute Gasteiger partial charge is 0.698 e. The number of alkyl halides is 3. The highest BCUT2D eigenvalue weighted by Crippen LogP contribution is 2.28. The summed E-state index contributed by atoms with van der Waals surface area (Å²) in [6.07, 6.45) is -7.16. The molecule has 0 bridgehead atoms. The second kappa shape index (κ2) is 10.4. The SMILES string of the molecule is NC(=O)[C@@H](CCC(F)(F)F)N(Cc1ccc(C(N)=[N+]([O-])Cl)cc1F)S(=O)(=O)c1ccccc1. The van der Waals surface area contributed by atoms with Gasteiger partial charge in [-0.25, -0.2) is 12.8 Å². The highest BCUT2D eigenvalue weighted by Gasteiger charge is 2.38. The number of primary amides is 1. The van der Waals surface area contributed by atoms with Gasteiger partial charge in [-0.2, -0.15) is 21.7 Å². The minimum absolute atomic E-state index is 0.123. The minimum atomic E-state index is -4.69. The van der Waals surface area contributed by atoms with E-state index in [9.17, 15) is 36.0 Å². The Morgan fingerprint density at radius 3 is 2.24 bits per heavy atom. The fourth-order valence-electron chi connectivity index (χ4n) is 2.92. The van der Waals surface area contributed by atoms with Gasteiger partial charge in [-0.05, 0) is 30.7 Å². The lowest BCUT2D eigenvalue weighted by Crippen LogP contribution is -2.48. The first-order valence-electron chi connectivity index (χ1n) is 9.21. The first-order valence-corrected chi connectivity index (χ1v) is 11.0. The Morgan fingerprint density at radius 2 is 1.76 bits per heavy atom. The van der Waals surface area contributed by atoms with E-state index in [-0.39, 0.29) is 20.3 Å². The lowest BCUT2D eigenvalue weighted by molar-refractivity contribution is -0.285. The Kier molecular flexibility index (Phi) is 8.27. The van der Waals surface area contributed by atoms with Crippen LogP contribution in [0.5, 0.6) is 0 Å². The van der Waals surface area contributed by atoms with Crippen LogP contribution in [0.4, 0.5) is 17.6 Å². The minimum Gasteiger partial charge on any atom is -0.698 e. The first kappa shape index (κ1) is 26.4. The molecule has 0 spiro atoms. The van der Waals surface area contributed by atoms with Crippen molar-refractivity contribution in [1.29, 1.82) is 0 Å². The van der Waals surface area contributed by atoms with Crippen molar-refractivity contribution in [2.45, 2.75) is 36.5 Å². The monoisotopic (exact) mass is 510 g/mol. The molecule has 0 aliphatic carbocycles. The summed E-state index contributed by atoms with van der Waals surface area (Å²) >= 11 is 5.18. The van der Waals surface area contributed by atoms with Crippen LogP contribution in [0.25, 0.3) is 0 Å². The number of rotatable bonds is 9. The predicted molar refractivity (Wildman–Crippen MR) is 112 cm³/mol. The molecule has 0 heterocycles. The van der Waals surface area contributed by atoms with Gasteiger partial charge < -0.3 is 10.9 Å². The Morgan fingerprint density at radius 1 is 1.15 bits per heavy atom. The number of carbonyl (C=O) groups is 1. The Labute approximate surface area is 191 Å². The number of hydrogen-bond donors (Lipinski definition) is 2. The van der Waals surface area contributed by atoms with Gasteiger partial charge in [0.25, 0.3) is 5.84 Å². The molecule has 33 heavy (non-hydrogen) atoms. The Balaban J connectivity index is 2.55. The van der Waals surface area contributed by atoms with Crippen LogP contribution in [-0.4, -0.2) is 40.9 Å². The van der Waals surface area contributed by atoms with Crippen molar-refractivity contribution in [3.63, 3.8) is 0 Å². The summed E-state index contributed by atoms with van der Waals surface area (Å²) in [6, 6.07) is 7.67. The molecule has 0 aliphatic rings. The maximum atomic E-state index is 14.7. The number of amidine groups is 1. The number of amides is 1. The average Bonchev–Trinajstić information content (AvgIpc) is 2.73. The van der Waals surface area contributed by atoms with E-state index in [4.69, 9.17) is 23.2 Å². The smallest absolute Gasteiger partial charge is 0.389 e. The van der Waals surface area contributed by atoms with Crippen molar-refractivity contribution >= 4 is 33.5 Å². The molecular formula is C19H19ClF4N4O4S. The molecule has 2 aromatic carbocycles. The summed E-state index contributed by atoms with van der Waals surface area (Å²) in [6.45, 7) is -0.823. The zero-order valence-electron chi connectivity index (χ0n) is 16.8. The topological polar surface area (TPSA) is 133 Å². The van der Waals surface area contributed by atoms with E-state index in [0.717, 1.165) is 18.2 Å². The maximum Gasteiger partial charge on any atom is 0.389 e. The van der Waals surface area contributed by atoms with Crippen LogP contribution < -0.4 is 11.5 Å². The molecule has 14 heteroatoms. The number of hydrogen-bond acceptors (Lipinski definition) is 4. The van der Waals surface area contributed by atoms with Gasteiger partial charge in [0.2, 0.25) is 15.9 Å². The third-order valence-electron chi connectivity index (χ3n) is 4.59. The van der Waals surface area contributed by atoms with Crippen molar-refractivity contribution in [3.8, 4) is 0 Å². The number of carbonyl (C=O) groups excluding carboxylic acids is 1. The number of sulfonamides is 1. The summed E-state index contributed by atoms with van der Waals surface area (Å²) in [5.41, 5.74) is 10.2. The molecule has 0 aromatic heterocycles. The van der Waals surface area contributed by atoms with Crippen LogP contribution in [0.1, 0.15) is 24.0 Å². The third kappa shape index (κ3) is 6.79. The van der Waals surface area contributed by atoms with Gasteiger partial charge >= 0.3 is 6.18 Å². The lowest BCUT2D eigenvalue weighted by atomic mass is 10.1. The van der Waals surface area contributed by atoms with Crippen LogP contribution in [0.3, 0.4) is 0 Å². The maximum absolute atomic E-state index is 14.7. The number of nitrogens with two attached hydrogens (primary N) is 2. The van der Waals surface area contributed by atoms with E-state index in [0.29, 0.717) is 4.31 Å². The highest BCUT2D eigenvalue weighted by molar-refractivity contribution is 7.89. The zero-order chi connectivity index (χ0) is 25.0. The van der Waals surface area contributed by atoms with Crippen molar-refractivity contribution in [2.24, 2.45) is 11.5 Å². The van der Waals surface area contributed by atoms with E-state index in [1.54, 1.807) is 0 Å². The van der Waals surface area contributed by atoms with E-state index in [1.165, 1.54) is 30.3 Å². The molecule has 0 saturated heterocycles. The van der Waals surface area contributed by atoms with Gasteiger partial charge in [-0.1, -0.05) is 24.3 Å². The molecule has 2 rings (SSSR count). The van der Waals surface area contributed by atoms with Gasteiger partial charge in [-0.15, -0.1) is 0 Å². The number of halogens is 5. The van der Waals surface area contributed by atoms with Crippen molar-refractivity contribution < 1.29 is 35.0 Å². The van der Waals surface area contributed by atoms with E-state index in [2.05, 4.69) is 0 Å². The van der Waals surface area contributed by atoms with Gasteiger partial charge in [0.15, 0.2) is 0 Å². The van der Waals surface area contributed by atoms with Crippen molar-refractivity contribution in [1.82, 2.24) is 4.31 Å². The van der Waals surface area contributed by atoms with Gasteiger partial charge in [0.1, 0.15) is 23.6 Å². The van der Waals surface area contributed by atoms with Crippen LogP contribution in [0.15, 0.2) is 53.4 Å². The van der Waals surface area contributed by atoms with E-state index >= 15 is 0 Å². The molecular weight excluding hydrogens is 492 g/mol. The van der Waals surface area contributed by atoms with Gasteiger partial charge in [-0.3, -0.25) is 10.5 Å². The molecule has 180 valence electrons. The molecule has 2 aromatic rings. The normalized spacial score (nSPS) is 14.1. The summed E-state index contributed by atoms with van der Waals surface area (Å²) in [5, 5.41) is 11.1. The third-order valence-corrected chi connectivity index (χ3v) is 6.64. The van der Waals surface area contributed by atoms with Crippen LogP contribution >= 0.6 is 11.8 Å². The Bertz CT molecular complexity index is 1140. The van der Waals surface area contributed by atoms with Crippen LogP contribution in [0.2, 0.25) is 0 Å². The summed E-state index contributed by atoms with van der Waals surface area (Å²) in [4.78, 5) is 11.7. The fraction of sp³-hybridized carbons (Fsp3) is 0.263. The van der Waals surface area contributed by atoms with Crippen molar-refractivity contribution in [2.75, 3.05) is 0 Å². The summed E-state index contributed by atoms with van der Waals surface area (Å²) in [5.74, 6) is -2.92. The molecule has 1 amide bonds. The zero-order valence-corrected chi connectivity index (χ0v) is 18.4. The van der Waals surface area contributed by atoms with Crippen molar-refractivity contribution in [3.05, 3.63) is 70.7 Å². The van der Waals surface area contributed by atoms with Gasteiger partial charge in [0.05, 0.1) is 10.5 Å². The second-order valence-corrected chi connectivity index (χ2v) is 9.07. The number of nitrogens with zero attached hydrogens (tertiary/aromatic N) is 2. The predicted octanol–water partition coefficient (Wildman–Crippen LogP) is 2.58.